The summed E-state index contributed by atoms with van der Waals surface area (Å²) in [6.45, 7) is 3.62. The van der Waals surface area contributed by atoms with Crippen molar-refractivity contribution in [3.05, 3.63) is 53.3 Å². The molecule has 25 heavy (non-hydrogen) atoms. The van der Waals surface area contributed by atoms with Crippen LogP contribution >= 0.6 is 0 Å². The highest BCUT2D eigenvalue weighted by molar-refractivity contribution is 6.04. The number of rotatable bonds is 4. The molecule has 1 amide bonds. The van der Waals surface area contributed by atoms with Gasteiger partial charge in [-0.3, -0.25) is 10.1 Å². The maximum Gasteiger partial charge on any atom is 0.261 e. The van der Waals surface area contributed by atoms with E-state index < -0.39 is 0 Å². The Bertz CT molecular complexity index is 903. The highest BCUT2D eigenvalue weighted by Crippen LogP contribution is 2.28. The molecule has 2 heterocycles. The summed E-state index contributed by atoms with van der Waals surface area (Å²) >= 11 is 0. The summed E-state index contributed by atoms with van der Waals surface area (Å²) in [5.41, 5.74) is 3.38. The van der Waals surface area contributed by atoms with Gasteiger partial charge in [0, 0.05) is 31.4 Å². The van der Waals surface area contributed by atoms with E-state index in [4.69, 9.17) is 4.52 Å². The molecule has 0 unspecified atom stereocenters. The lowest BCUT2D eigenvalue weighted by Gasteiger charge is -2.12. The first-order chi connectivity index (χ1) is 12.0. The Balaban J connectivity index is 1.84. The minimum atomic E-state index is -0.332. The number of aryl methyl sites for hydroxylation is 1. The predicted octanol–water partition coefficient (Wildman–Crippen LogP) is 3.07. The van der Waals surface area contributed by atoms with Crippen molar-refractivity contribution in [2.75, 3.05) is 24.3 Å². The number of nitrogens with one attached hydrogen (secondary N) is 1. The van der Waals surface area contributed by atoms with E-state index in [1.54, 1.807) is 11.8 Å². The number of amides is 1. The van der Waals surface area contributed by atoms with Gasteiger partial charge in [-0.05, 0) is 13.8 Å². The highest BCUT2D eigenvalue weighted by atomic mass is 16.5. The molecule has 0 bridgehead atoms. The van der Waals surface area contributed by atoms with Gasteiger partial charge in [0.1, 0.15) is 5.69 Å². The topological polar surface area (TPSA) is 84.2 Å². The Hall–Kier alpha value is -3.22. The monoisotopic (exact) mass is 337 g/mol. The average Bonchev–Trinajstić information content (AvgIpc) is 2.96. The van der Waals surface area contributed by atoms with Crippen LogP contribution in [0.25, 0.3) is 11.3 Å². The molecule has 0 aliphatic rings. The van der Waals surface area contributed by atoms with E-state index in [9.17, 15) is 4.79 Å². The fourth-order valence-corrected chi connectivity index (χ4v) is 2.38. The van der Waals surface area contributed by atoms with Crippen LogP contribution in [0.1, 0.15) is 21.6 Å². The lowest BCUT2D eigenvalue weighted by Crippen LogP contribution is -2.18. The van der Waals surface area contributed by atoms with Crippen LogP contribution in [0.2, 0.25) is 0 Å². The third-order valence-corrected chi connectivity index (χ3v) is 3.81. The fraction of sp³-hybridized carbons (Fsp3) is 0.222. The van der Waals surface area contributed by atoms with Crippen molar-refractivity contribution in [1.82, 2.24) is 15.1 Å². The van der Waals surface area contributed by atoms with Crippen LogP contribution in [0, 0.1) is 13.8 Å². The maximum absolute atomic E-state index is 12.5. The second kappa shape index (κ2) is 6.72. The highest BCUT2D eigenvalue weighted by Gasteiger charge is 2.18. The standard InChI is InChI=1S/C18H19N5O2/c1-11-15(13-8-6-5-7-9-13)22-25-17(11)21-16(24)14-10-19-18(23(3)4)20-12(14)2/h5-10H,1-4H3,(H,21,24). The van der Waals surface area contributed by atoms with Gasteiger partial charge in [0.05, 0.1) is 11.3 Å². The first-order valence-electron chi connectivity index (χ1n) is 7.81. The quantitative estimate of drug-likeness (QED) is 0.787. The molecule has 0 atom stereocenters. The van der Waals surface area contributed by atoms with Crippen molar-refractivity contribution in [1.29, 1.82) is 0 Å². The zero-order chi connectivity index (χ0) is 18.0. The molecule has 128 valence electrons. The number of benzene rings is 1. The number of aromatic nitrogens is 3. The van der Waals surface area contributed by atoms with Crippen molar-refractivity contribution >= 4 is 17.7 Å². The zero-order valence-electron chi connectivity index (χ0n) is 14.6. The molecule has 7 nitrogen and oxygen atoms in total. The molecule has 1 N–H and O–H groups in total. The van der Waals surface area contributed by atoms with Gasteiger partial charge < -0.3 is 9.42 Å². The smallest absolute Gasteiger partial charge is 0.261 e. The number of hydrogen-bond acceptors (Lipinski definition) is 6. The molecule has 0 saturated carbocycles. The van der Waals surface area contributed by atoms with Crippen LogP contribution in [0.3, 0.4) is 0 Å². The first kappa shape index (κ1) is 16.6. The van der Waals surface area contributed by atoms with E-state index in [0.717, 1.165) is 11.1 Å². The molecule has 0 aliphatic carbocycles. The van der Waals surface area contributed by atoms with Crippen LogP contribution < -0.4 is 10.2 Å². The van der Waals surface area contributed by atoms with Crippen molar-refractivity contribution < 1.29 is 9.32 Å². The summed E-state index contributed by atoms with van der Waals surface area (Å²) in [7, 11) is 3.69. The van der Waals surface area contributed by atoms with E-state index in [0.29, 0.717) is 28.8 Å². The second-order valence-corrected chi connectivity index (χ2v) is 5.87. The minimum Gasteiger partial charge on any atom is -0.347 e. The molecule has 0 radical (unpaired) electrons. The minimum absolute atomic E-state index is 0.319. The molecule has 1 aromatic carbocycles. The number of nitrogens with zero attached hydrogens (tertiary/aromatic N) is 4. The molecule has 0 saturated heterocycles. The normalized spacial score (nSPS) is 10.6. The molecule has 3 rings (SSSR count). The lowest BCUT2D eigenvalue weighted by molar-refractivity contribution is 0.102. The summed E-state index contributed by atoms with van der Waals surface area (Å²) in [6.07, 6.45) is 1.51. The van der Waals surface area contributed by atoms with Crippen LogP contribution in [0.4, 0.5) is 11.8 Å². The van der Waals surface area contributed by atoms with Crippen LogP contribution in [-0.4, -0.2) is 35.1 Å². The van der Waals surface area contributed by atoms with E-state index in [-0.39, 0.29) is 5.91 Å². The van der Waals surface area contributed by atoms with Gasteiger partial charge in [-0.15, -0.1) is 0 Å². The lowest BCUT2D eigenvalue weighted by atomic mass is 10.1. The Morgan fingerprint density at radius 1 is 1.16 bits per heavy atom. The predicted molar refractivity (Wildman–Crippen MR) is 95.7 cm³/mol. The summed E-state index contributed by atoms with van der Waals surface area (Å²) in [5, 5.41) is 6.81. The second-order valence-electron chi connectivity index (χ2n) is 5.87. The third kappa shape index (κ3) is 3.35. The van der Waals surface area contributed by atoms with Gasteiger partial charge in [-0.2, -0.15) is 0 Å². The van der Waals surface area contributed by atoms with E-state index in [1.807, 2.05) is 51.4 Å². The van der Waals surface area contributed by atoms with Gasteiger partial charge in [0.2, 0.25) is 11.8 Å². The molecule has 0 fully saturated rings. The van der Waals surface area contributed by atoms with Crippen molar-refractivity contribution in [3.63, 3.8) is 0 Å². The van der Waals surface area contributed by atoms with Gasteiger partial charge in [0.25, 0.3) is 5.91 Å². The Kier molecular flexibility index (Phi) is 4.47. The van der Waals surface area contributed by atoms with E-state index >= 15 is 0 Å². The molecule has 0 aliphatic heterocycles. The third-order valence-electron chi connectivity index (χ3n) is 3.81. The Morgan fingerprint density at radius 3 is 2.52 bits per heavy atom. The van der Waals surface area contributed by atoms with Crippen molar-refractivity contribution in [2.45, 2.75) is 13.8 Å². The summed E-state index contributed by atoms with van der Waals surface area (Å²) < 4.78 is 5.31. The van der Waals surface area contributed by atoms with Crippen LogP contribution in [-0.2, 0) is 0 Å². The van der Waals surface area contributed by atoms with Crippen molar-refractivity contribution in [2.24, 2.45) is 0 Å². The molecular formula is C18H19N5O2. The molecule has 0 spiro atoms. The molecule has 2 aromatic heterocycles. The number of carbonyl (C=O) groups is 1. The van der Waals surface area contributed by atoms with Gasteiger partial charge in [-0.1, -0.05) is 35.5 Å². The van der Waals surface area contributed by atoms with Crippen LogP contribution in [0.15, 0.2) is 41.1 Å². The average molecular weight is 337 g/mol. The largest absolute Gasteiger partial charge is 0.347 e. The number of hydrogen-bond donors (Lipinski definition) is 1. The zero-order valence-corrected chi connectivity index (χ0v) is 14.6. The van der Waals surface area contributed by atoms with Gasteiger partial charge >= 0.3 is 0 Å². The summed E-state index contributed by atoms with van der Waals surface area (Å²) in [6, 6.07) is 9.66. The van der Waals surface area contributed by atoms with Gasteiger partial charge in [0.15, 0.2) is 0 Å². The number of carbonyl (C=O) groups excluding carboxylic acids is 1. The SMILES string of the molecule is Cc1nc(N(C)C)ncc1C(=O)Nc1onc(-c2ccccc2)c1C. The number of anilines is 2. The van der Waals surface area contributed by atoms with E-state index in [1.165, 1.54) is 6.20 Å². The molecular weight excluding hydrogens is 318 g/mol. The Morgan fingerprint density at radius 2 is 1.88 bits per heavy atom. The van der Waals surface area contributed by atoms with Crippen molar-refractivity contribution in [3.8, 4) is 11.3 Å². The van der Waals surface area contributed by atoms with Crippen LogP contribution in [0.5, 0.6) is 0 Å². The molecule has 3 aromatic rings. The van der Waals surface area contributed by atoms with E-state index in [2.05, 4.69) is 20.4 Å². The fourth-order valence-electron chi connectivity index (χ4n) is 2.38. The Labute approximate surface area is 145 Å². The summed E-state index contributed by atoms with van der Waals surface area (Å²) in [5.74, 6) is 0.540. The van der Waals surface area contributed by atoms with Gasteiger partial charge in [-0.25, -0.2) is 9.97 Å². The first-order valence-corrected chi connectivity index (χ1v) is 7.81. The maximum atomic E-state index is 12.5. The molecule has 7 heteroatoms. The summed E-state index contributed by atoms with van der Waals surface area (Å²) in [4.78, 5) is 22.8.